The molecule has 1 aliphatic rings. The molecule has 1 aliphatic heterocycles. The maximum Gasteiger partial charge on any atom is 0.186 e. The van der Waals surface area contributed by atoms with Crippen molar-refractivity contribution in [3.63, 3.8) is 0 Å². The number of nitrogens with zero attached hydrogens (tertiary/aromatic N) is 1. The van der Waals surface area contributed by atoms with Gasteiger partial charge in [-0.05, 0) is 25.5 Å². The minimum atomic E-state index is -0.892. The summed E-state index contributed by atoms with van der Waals surface area (Å²) in [5, 5.41) is 0. The fourth-order valence-electron chi connectivity index (χ4n) is 2.30. The van der Waals surface area contributed by atoms with Crippen molar-refractivity contribution in [2.24, 2.45) is 0 Å². The summed E-state index contributed by atoms with van der Waals surface area (Å²) in [7, 11) is 0. The zero-order chi connectivity index (χ0) is 12.0. The number of imidazole rings is 1. The topological polar surface area (TPSA) is 37.9 Å². The number of fused-ring (bicyclic) bond motifs is 1. The number of halogens is 2. The average Bonchev–Trinajstić information content (AvgIpc) is 2.89. The molecular formula is C12H12F2N2O. The van der Waals surface area contributed by atoms with Crippen LogP contribution in [0.25, 0.3) is 11.0 Å². The van der Waals surface area contributed by atoms with Gasteiger partial charge >= 0.3 is 0 Å². The van der Waals surface area contributed by atoms with Crippen LogP contribution in [0.3, 0.4) is 0 Å². The summed E-state index contributed by atoms with van der Waals surface area (Å²) < 4.78 is 32.0. The molecule has 90 valence electrons. The second kappa shape index (κ2) is 3.77. The van der Waals surface area contributed by atoms with Crippen molar-refractivity contribution in [1.82, 2.24) is 9.97 Å². The number of rotatable bonds is 1. The maximum atomic E-state index is 13.5. The third-order valence-corrected chi connectivity index (χ3v) is 3.29. The molecule has 0 amide bonds. The zero-order valence-electron chi connectivity index (χ0n) is 9.34. The molecule has 1 fully saturated rings. The molecule has 17 heavy (non-hydrogen) atoms. The molecular weight excluding hydrogens is 226 g/mol. The monoisotopic (exact) mass is 238 g/mol. The molecule has 1 aromatic carbocycles. The quantitative estimate of drug-likeness (QED) is 0.829. The van der Waals surface area contributed by atoms with Crippen LogP contribution in [0.4, 0.5) is 8.78 Å². The standard InChI is InChI=1S/C12H12F2N2O/c1-6-7(4-5-17-6)12-15-9-3-2-8(13)10(14)11(9)16-12/h2-3,6-7H,4-5H2,1H3,(H,15,16). The van der Waals surface area contributed by atoms with Crippen molar-refractivity contribution in [2.75, 3.05) is 6.61 Å². The number of H-pyrrole nitrogens is 1. The average molecular weight is 238 g/mol. The van der Waals surface area contributed by atoms with Crippen LogP contribution in [-0.4, -0.2) is 22.7 Å². The fourth-order valence-corrected chi connectivity index (χ4v) is 2.30. The van der Waals surface area contributed by atoms with Gasteiger partial charge in [0, 0.05) is 12.5 Å². The van der Waals surface area contributed by atoms with E-state index in [9.17, 15) is 8.78 Å². The van der Waals surface area contributed by atoms with Gasteiger partial charge in [0.15, 0.2) is 11.6 Å². The highest BCUT2D eigenvalue weighted by molar-refractivity contribution is 5.75. The summed E-state index contributed by atoms with van der Waals surface area (Å²) >= 11 is 0. The van der Waals surface area contributed by atoms with Crippen LogP contribution in [0.2, 0.25) is 0 Å². The second-order valence-corrected chi connectivity index (χ2v) is 4.35. The van der Waals surface area contributed by atoms with Gasteiger partial charge in [-0.25, -0.2) is 13.8 Å². The first-order chi connectivity index (χ1) is 8.16. The van der Waals surface area contributed by atoms with E-state index in [0.717, 1.165) is 12.5 Å². The Labute approximate surface area is 96.8 Å². The largest absolute Gasteiger partial charge is 0.378 e. The second-order valence-electron chi connectivity index (χ2n) is 4.35. The Morgan fingerprint density at radius 1 is 1.41 bits per heavy atom. The Morgan fingerprint density at radius 3 is 2.94 bits per heavy atom. The van der Waals surface area contributed by atoms with Crippen LogP contribution in [0, 0.1) is 11.6 Å². The van der Waals surface area contributed by atoms with Crippen LogP contribution < -0.4 is 0 Å². The molecule has 0 aliphatic carbocycles. The molecule has 0 bridgehead atoms. The summed E-state index contributed by atoms with van der Waals surface area (Å²) in [6.07, 6.45) is 0.911. The number of aromatic amines is 1. The van der Waals surface area contributed by atoms with E-state index in [1.807, 2.05) is 6.92 Å². The molecule has 3 nitrogen and oxygen atoms in total. The molecule has 1 N–H and O–H groups in total. The lowest BCUT2D eigenvalue weighted by molar-refractivity contribution is 0.117. The van der Waals surface area contributed by atoms with Gasteiger partial charge in [-0.15, -0.1) is 0 Å². The van der Waals surface area contributed by atoms with Crippen molar-refractivity contribution in [2.45, 2.75) is 25.4 Å². The van der Waals surface area contributed by atoms with E-state index in [0.29, 0.717) is 17.9 Å². The van der Waals surface area contributed by atoms with Gasteiger partial charge < -0.3 is 9.72 Å². The molecule has 0 radical (unpaired) electrons. The van der Waals surface area contributed by atoms with Crippen LogP contribution in [-0.2, 0) is 4.74 Å². The Balaban J connectivity index is 2.10. The van der Waals surface area contributed by atoms with Crippen LogP contribution >= 0.6 is 0 Å². The molecule has 0 spiro atoms. The molecule has 2 unspecified atom stereocenters. The Morgan fingerprint density at radius 2 is 2.24 bits per heavy atom. The van der Waals surface area contributed by atoms with E-state index < -0.39 is 11.6 Å². The van der Waals surface area contributed by atoms with E-state index in [-0.39, 0.29) is 17.5 Å². The van der Waals surface area contributed by atoms with Crippen LogP contribution in [0.5, 0.6) is 0 Å². The van der Waals surface area contributed by atoms with Gasteiger partial charge in [0.2, 0.25) is 0 Å². The summed E-state index contributed by atoms with van der Waals surface area (Å²) in [5.41, 5.74) is 0.595. The van der Waals surface area contributed by atoms with Crippen molar-refractivity contribution in [3.8, 4) is 0 Å². The maximum absolute atomic E-state index is 13.5. The van der Waals surface area contributed by atoms with Crippen LogP contribution in [0.1, 0.15) is 25.1 Å². The lowest BCUT2D eigenvalue weighted by Crippen LogP contribution is -2.10. The van der Waals surface area contributed by atoms with E-state index in [2.05, 4.69) is 9.97 Å². The SMILES string of the molecule is CC1OCCC1c1nc2c(F)c(F)ccc2[nH]1. The van der Waals surface area contributed by atoms with Crippen molar-refractivity contribution in [1.29, 1.82) is 0 Å². The van der Waals surface area contributed by atoms with E-state index in [1.165, 1.54) is 6.07 Å². The van der Waals surface area contributed by atoms with E-state index in [1.54, 1.807) is 0 Å². The van der Waals surface area contributed by atoms with Crippen molar-refractivity contribution < 1.29 is 13.5 Å². The molecule has 0 saturated carbocycles. The van der Waals surface area contributed by atoms with Crippen molar-refractivity contribution >= 4 is 11.0 Å². The minimum Gasteiger partial charge on any atom is -0.378 e. The van der Waals surface area contributed by atoms with Gasteiger partial charge in [0.05, 0.1) is 11.6 Å². The minimum absolute atomic E-state index is 0.0588. The molecule has 5 heteroatoms. The number of aromatic nitrogens is 2. The third-order valence-electron chi connectivity index (χ3n) is 3.29. The summed E-state index contributed by atoms with van der Waals surface area (Å²) in [6.45, 7) is 2.64. The summed E-state index contributed by atoms with van der Waals surface area (Å²) in [5.74, 6) is -0.956. The number of ether oxygens (including phenoxy) is 1. The fraction of sp³-hybridized carbons (Fsp3) is 0.417. The van der Waals surface area contributed by atoms with Gasteiger partial charge in [0.1, 0.15) is 11.3 Å². The predicted molar refractivity (Wildman–Crippen MR) is 58.8 cm³/mol. The van der Waals surface area contributed by atoms with Gasteiger partial charge in [-0.3, -0.25) is 0 Å². The molecule has 2 heterocycles. The molecule has 1 aromatic heterocycles. The van der Waals surface area contributed by atoms with E-state index >= 15 is 0 Å². The highest BCUT2D eigenvalue weighted by Gasteiger charge is 2.29. The lowest BCUT2D eigenvalue weighted by atomic mass is 10.0. The Kier molecular flexibility index (Phi) is 2.36. The first-order valence-electron chi connectivity index (χ1n) is 5.62. The molecule has 2 aromatic rings. The Bertz CT molecular complexity index is 567. The summed E-state index contributed by atoms with van der Waals surface area (Å²) in [6, 6.07) is 2.61. The molecule has 1 saturated heterocycles. The first-order valence-corrected chi connectivity index (χ1v) is 5.62. The summed E-state index contributed by atoms with van der Waals surface area (Å²) in [4.78, 5) is 7.19. The normalized spacial score (nSPS) is 24.6. The van der Waals surface area contributed by atoms with Gasteiger partial charge in [-0.2, -0.15) is 0 Å². The number of hydrogen-bond donors (Lipinski definition) is 1. The number of benzene rings is 1. The van der Waals surface area contributed by atoms with Crippen LogP contribution in [0.15, 0.2) is 12.1 Å². The smallest absolute Gasteiger partial charge is 0.186 e. The Hall–Kier alpha value is -1.49. The van der Waals surface area contributed by atoms with Crippen molar-refractivity contribution in [3.05, 3.63) is 29.6 Å². The highest BCUT2D eigenvalue weighted by Crippen LogP contribution is 2.31. The zero-order valence-corrected chi connectivity index (χ0v) is 9.34. The highest BCUT2D eigenvalue weighted by atomic mass is 19.2. The first kappa shape index (κ1) is 10.7. The predicted octanol–water partition coefficient (Wildman–Crippen LogP) is 2.73. The number of hydrogen-bond acceptors (Lipinski definition) is 2. The van der Waals surface area contributed by atoms with Gasteiger partial charge in [-0.1, -0.05) is 0 Å². The molecule has 3 rings (SSSR count). The van der Waals surface area contributed by atoms with E-state index in [4.69, 9.17) is 4.74 Å². The lowest BCUT2D eigenvalue weighted by Gasteiger charge is -2.09. The number of nitrogens with one attached hydrogen (secondary N) is 1. The molecule has 2 atom stereocenters. The van der Waals surface area contributed by atoms with Gasteiger partial charge in [0.25, 0.3) is 0 Å². The third kappa shape index (κ3) is 1.61.